The lowest BCUT2D eigenvalue weighted by Crippen LogP contribution is -2.63. The van der Waals surface area contributed by atoms with Crippen LogP contribution < -0.4 is 14.2 Å². The Bertz CT molecular complexity index is 4630. The molecule has 9 rings (SSSR count). The van der Waals surface area contributed by atoms with Crippen LogP contribution >= 0.6 is 0 Å². The average Bonchev–Trinajstić information content (AvgIpc) is 0.772. The van der Waals surface area contributed by atoms with Crippen molar-refractivity contribution in [2.24, 2.45) is 0 Å². The number of hydrogen-bond donors (Lipinski definition) is 21. The number of phenolic OH excluding ortho intramolecular Hbond substituents is 21. The molecule has 1 fully saturated rings. The van der Waals surface area contributed by atoms with E-state index in [-0.39, 0.29) is 0 Å². The summed E-state index contributed by atoms with van der Waals surface area (Å²) in [5.41, 5.74) is -6.99. The van der Waals surface area contributed by atoms with Crippen molar-refractivity contribution in [2.45, 2.75) is 30.7 Å². The zero-order valence-electron chi connectivity index (χ0n) is 49.2. The standard InChI is InChI=1S/C62H44O38/c63-26-1-18(2-27(64)43(26)76)54(84)92-17-42-51(97-58(88)20-5-30(67)45(78)31(68)6-20)52(98-59(89)21-7-32(69)46(79)33(70)8-21)53(99-60(90)22-9-34(71)47(80)35(72)10-22)62(96-42)100-61(91)25-13-38(75)50(83)41(16-25)95-57(87)24-12-37(74)49(82)40(15-24)94-56(86)23-11-36(73)48(81)39(14-23)93-55(85)19-3-28(65)44(77)29(66)4-19/h1-16,42,51-53,62-83H,17H2/t42-,51-,52+,53-,62+/m1/s1. The third-order valence-electron chi connectivity index (χ3n) is 13.9. The monoisotopic (exact) mass is 1400 g/mol. The smallest absolute Gasteiger partial charge is 0.343 e. The second-order valence-corrected chi connectivity index (χ2v) is 20.7. The lowest BCUT2D eigenvalue weighted by molar-refractivity contribution is -0.282. The summed E-state index contributed by atoms with van der Waals surface area (Å²) in [7, 11) is 0. The minimum absolute atomic E-state index is 0.386. The van der Waals surface area contributed by atoms with E-state index in [2.05, 4.69) is 0 Å². The van der Waals surface area contributed by atoms with Crippen molar-refractivity contribution in [3.63, 3.8) is 0 Å². The summed E-state index contributed by atoms with van der Waals surface area (Å²) in [4.78, 5) is 111. The number of carbonyl (C=O) groups excluding carboxylic acids is 8. The van der Waals surface area contributed by atoms with Crippen LogP contribution in [0.3, 0.4) is 0 Å². The van der Waals surface area contributed by atoms with E-state index in [4.69, 9.17) is 42.6 Å². The number of benzene rings is 8. The van der Waals surface area contributed by atoms with Gasteiger partial charge >= 0.3 is 47.8 Å². The highest BCUT2D eigenvalue weighted by molar-refractivity contribution is 5.99. The molecule has 520 valence electrons. The van der Waals surface area contributed by atoms with Gasteiger partial charge in [0.2, 0.25) is 29.6 Å². The predicted octanol–water partition coefficient (Wildman–Crippen LogP) is 3.58. The van der Waals surface area contributed by atoms with Crippen molar-refractivity contribution < 1.29 is 188 Å². The van der Waals surface area contributed by atoms with Crippen LogP contribution in [0.5, 0.6) is 138 Å². The maximum absolute atomic E-state index is 14.6. The van der Waals surface area contributed by atoms with Gasteiger partial charge in [0.25, 0.3) is 0 Å². The Kier molecular flexibility index (Phi) is 19.0. The van der Waals surface area contributed by atoms with E-state index in [9.17, 15) is 146 Å². The molecule has 0 aromatic heterocycles. The van der Waals surface area contributed by atoms with Gasteiger partial charge in [0.1, 0.15) is 12.7 Å². The van der Waals surface area contributed by atoms with Crippen LogP contribution in [0, 0.1) is 0 Å². The van der Waals surface area contributed by atoms with Gasteiger partial charge in [0.05, 0.1) is 44.5 Å². The molecule has 0 saturated carbocycles. The van der Waals surface area contributed by atoms with Crippen molar-refractivity contribution in [1.29, 1.82) is 0 Å². The van der Waals surface area contributed by atoms with E-state index < -0.39 is 268 Å². The number of carbonyl (C=O) groups is 8. The zero-order valence-corrected chi connectivity index (χ0v) is 49.2. The molecule has 1 heterocycles. The first-order chi connectivity index (χ1) is 47.0. The molecule has 100 heavy (non-hydrogen) atoms. The van der Waals surface area contributed by atoms with Crippen LogP contribution in [-0.2, 0) is 28.4 Å². The second kappa shape index (κ2) is 27.3. The van der Waals surface area contributed by atoms with Crippen LogP contribution in [0.4, 0.5) is 0 Å². The number of rotatable bonds is 17. The fourth-order valence-electron chi connectivity index (χ4n) is 8.95. The van der Waals surface area contributed by atoms with Gasteiger partial charge in [-0.2, -0.15) is 0 Å². The molecule has 0 spiro atoms. The fraction of sp³-hybridized carbons (Fsp3) is 0.0968. The summed E-state index contributed by atoms with van der Waals surface area (Å²) in [6, 6.07) is 7.98. The highest BCUT2D eigenvalue weighted by Crippen LogP contribution is 2.46. The molecule has 0 aliphatic carbocycles. The van der Waals surface area contributed by atoms with Crippen molar-refractivity contribution in [3.8, 4) is 138 Å². The van der Waals surface area contributed by atoms with E-state index in [0.29, 0.717) is 97.1 Å². The van der Waals surface area contributed by atoms with Gasteiger partial charge in [-0.05, 0) is 97.1 Å². The van der Waals surface area contributed by atoms with Crippen LogP contribution in [0.15, 0.2) is 97.1 Å². The van der Waals surface area contributed by atoms with Gasteiger partial charge in [-0.25, -0.2) is 38.4 Å². The van der Waals surface area contributed by atoms with Gasteiger partial charge in [0.15, 0.2) is 133 Å². The van der Waals surface area contributed by atoms with Gasteiger partial charge in [-0.1, -0.05) is 0 Å². The highest BCUT2D eigenvalue weighted by Gasteiger charge is 2.55. The molecule has 1 saturated heterocycles. The van der Waals surface area contributed by atoms with Crippen LogP contribution in [0.1, 0.15) is 82.9 Å². The topological polar surface area (TPSA) is 644 Å². The van der Waals surface area contributed by atoms with Gasteiger partial charge in [-0.3, -0.25) is 0 Å². The summed E-state index contributed by atoms with van der Waals surface area (Å²) in [5.74, 6) is -41.9. The van der Waals surface area contributed by atoms with Crippen molar-refractivity contribution in [3.05, 3.63) is 142 Å². The molecule has 8 aromatic carbocycles. The van der Waals surface area contributed by atoms with Crippen molar-refractivity contribution >= 4 is 47.8 Å². The number of phenols is 21. The van der Waals surface area contributed by atoms with Gasteiger partial charge in [0, 0.05) is 0 Å². The summed E-state index contributed by atoms with van der Waals surface area (Å²) in [5, 5.41) is 216. The predicted molar refractivity (Wildman–Crippen MR) is 313 cm³/mol. The number of aromatic hydroxyl groups is 21. The summed E-state index contributed by atoms with van der Waals surface area (Å²) < 4.78 is 49.0. The molecular formula is C62H44O38. The van der Waals surface area contributed by atoms with Crippen LogP contribution in [0.2, 0.25) is 0 Å². The summed E-state index contributed by atoms with van der Waals surface area (Å²) in [6.07, 6.45) is -13.3. The molecule has 1 aliphatic rings. The van der Waals surface area contributed by atoms with Crippen LogP contribution in [0.25, 0.3) is 0 Å². The quantitative estimate of drug-likeness (QED) is 0.0268. The Hall–Kier alpha value is -14.7. The number of esters is 8. The largest absolute Gasteiger partial charge is 0.504 e. The fourth-order valence-corrected chi connectivity index (χ4v) is 8.95. The summed E-state index contributed by atoms with van der Waals surface area (Å²) >= 11 is 0. The Morgan fingerprint density at radius 2 is 0.460 bits per heavy atom. The molecule has 0 bridgehead atoms. The molecule has 0 amide bonds. The Morgan fingerprint density at radius 3 is 0.750 bits per heavy atom. The maximum atomic E-state index is 14.6. The average molecular weight is 1400 g/mol. The first kappa shape index (κ1) is 69.6. The van der Waals surface area contributed by atoms with Crippen LogP contribution in [-0.4, -0.2) is 192 Å². The van der Waals surface area contributed by atoms with Crippen molar-refractivity contribution in [2.75, 3.05) is 6.61 Å². The number of hydrogen-bond acceptors (Lipinski definition) is 38. The van der Waals surface area contributed by atoms with E-state index >= 15 is 0 Å². The SMILES string of the molecule is O=C(OC[C@H]1O[C@@H](OC(=O)c2cc(O)c(O)c(OC(=O)c3cc(O)c(O)c(OC(=O)c4cc(O)c(O)c(OC(=O)c5cc(O)c(O)c(O)c5)c4)c3)c2)[C@H](OC(=O)c2cc(O)c(O)c(O)c2)[C@@H](OC(=O)c2cc(O)c(O)c(O)c2)[C@@H]1OC(=O)c1cc(O)c(O)c(O)c1)c1cc(O)c(O)c(O)c1. The molecule has 0 unspecified atom stereocenters. The zero-order chi connectivity index (χ0) is 73.4. The molecule has 5 atom stereocenters. The lowest BCUT2D eigenvalue weighted by atomic mass is 9.97. The third kappa shape index (κ3) is 14.3. The molecular weight excluding hydrogens is 1350 g/mol. The minimum Gasteiger partial charge on any atom is -0.504 e. The Morgan fingerprint density at radius 1 is 0.250 bits per heavy atom. The van der Waals surface area contributed by atoms with Gasteiger partial charge < -0.3 is 150 Å². The minimum atomic E-state index is -2.82. The van der Waals surface area contributed by atoms with E-state index in [1.165, 1.54) is 0 Å². The van der Waals surface area contributed by atoms with E-state index in [0.717, 1.165) is 0 Å². The summed E-state index contributed by atoms with van der Waals surface area (Å²) in [6.45, 7) is -1.41. The molecule has 0 radical (unpaired) electrons. The second-order valence-electron chi connectivity index (χ2n) is 20.7. The van der Waals surface area contributed by atoms with Crippen molar-refractivity contribution in [1.82, 2.24) is 0 Å². The molecule has 38 heteroatoms. The van der Waals surface area contributed by atoms with E-state index in [1.54, 1.807) is 0 Å². The highest BCUT2D eigenvalue weighted by atomic mass is 16.7. The third-order valence-corrected chi connectivity index (χ3v) is 13.9. The van der Waals surface area contributed by atoms with Gasteiger partial charge in [-0.15, -0.1) is 0 Å². The molecule has 1 aliphatic heterocycles. The Labute approximate surface area is 551 Å². The molecule has 38 nitrogen and oxygen atoms in total. The molecule has 21 N–H and O–H groups in total. The first-order valence-electron chi connectivity index (χ1n) is 27.3. The Balaban J connectivity index is 1.08. The first-order valence-corrected chi connectivity index (χ1v) is 27.3. The van der Waals surface area contributed by atoms with E-state index in [1.807, 2.05) is 0 Å². The molecule has 8 aromatic rings. The normalized spacial score (nSPS) is 15.5. The maximum Gasteiger partial charge on any atom is 0.343 e. The lowest BCUT2D eigenvalue weighted by Gasteiger charge is -2.43. The number of ether oxygens (including phenoxy) is 9.